The van der Waals surface area contributed by atoms with Crippen molar-refractivity contribution in [3.63, 3.8) is 0 Å². The van der Waals surface area contributed by atoms with Gasteiger partial charge in [0.05, 0.1) is 22.3 Å². The number of aryl methyl sites for hydroxylation is 16. The SMILES string of the molecule is Cc1ccc2c(c1)-c1ccc(C)c(-c3cc(CC(C)(C)C)c(-c4ccccc4C)c[n+]3C)c1C2.Cc1ccc2c(c1)Cc1c-2ccc(C)c1-c1cc(CC(C)(C)C)c(-c2ccccc2C)c[n+]1C.Cc1ccccc1-c1c[n+](C)c(-c2c(C)cc(C)c3c2Cc2ccccc2-3)cc1CC(C)(C)C.Cc1ccccc1-c1c[n+](C)c(-c2c(C)ccc3c2Cc2cccc(C)c2-3)cc1CC(C)(C)C. The van der Waals surface area contributed by atoms with Gasteiger partial charge in [0, 0.05) is 46.5 Å². The maximum Gasteiger partial charge on any atom is 0.213 e. The van der Waals surface area contributed by atoms with Gasteiger partial charge in [-0.25, -0.2) is 18.3 Å². The molecule has 20 rings (SSSR count). The highest BCUT2D eigenvalue weighted by Crippen LogP contribution is 2.51. The maximum absolute atomic E-state index is 2.48. The van der Waals surface area contributed by atoms with Crippen LogP contribution in [0.15, 0.2) is 267 Å². The second-order valence-corrected chi connectivity index (χ2v) is 45.4. The third kappa shape index (κ3) is 19.3. The van der Waals surface area contributed by atoms with Crippen molar-refractivity contribution >= 4 is 0 Å². The Hall–Kier alpha value is -12.8. The van der Waals surface area contributed by atoms with Crippen molar-refractivity contribution in [1.82, 2.24) is 0 Å². The van der Waals surface area contributed by atoms with Crippen molar-refractivity contribution in [2.45, 2.75) is 218 Å². The number of benzene rings is 12. The van der Waals surface area contributed by atoms with Crippen LogP contribution in [-0.4, -0.2) is 0 Å². The first-order valence-corrected chi connectivity index (χ1v) is 49.8. The minimum atomic E-state index is 0.204. The van der Waals surface area contributed by atoms with E-state index in [0.717, 1.165) is 51.4 Å². The Morgan fingerprint density at radius 1 is 0.191 bits per heavy atom. The minimum absolute atomic E-state index is 0.204. The molecular formula is C132H144N4+4. The van der Waals surface area contributed by atoms with Gasteiger partial charge in [-0.3, -0.25) is 0 Å². The van der Waals surface area contributed by atoms with E-state index in [1.807, 2.05) is 0 Å². The fourth-order valence-corrected chi connectivity index (χ4v) is 22.9. The number of pyridine rings is 4. The summed E-state index contributed by atoms with van der Waals surface area (Å²) >= 11 is 0. The summed E-state index contributed by atoms with van der Waals surface area (Å²) in [6, 6.07) is 90.8. The second-order valence-electron chi connectivity index (χ2n) is 45.4. The average molecular weight is 1790 g/mol. The van der Waals surface area contributed by atoms with Gasteiger partial charge in [-0.1, -0.05) is 313 Å². The topological polar surface area (TPSA) is 15.5 Å². The van der Waals surface area contributed by atoms with Crippen LogP contribution in [0.2, 0.25) is 0 Å². The molecule has 4 heterocycles. The fraction of sp³-hybridized carbons (Fsp3) is 0.303. The van der Waals surface area contributed by atoms with E-state index in [1.165, 1.54) is 268 Å². The van der Waals surface area contributed by atoms with Crippen molar-refractivity contribution in [1.29, 1.82) is 0 Å². The zero-order chi connectivity index (χ0) is 96.8. The van der Waals surface area contributed by atoms with Gasteiger partial charge >= 0.3 is 0 Å². The Morgan fingerprint density at radius 2 is 0.478 bits per heavy atom. The Bertz CT molecular complexity index is 7420. The largest absolute Gasteiger partial charge is 0.213 e. The molecule has 4 aliphatic rings. The zero-order valence-electron chi connectivity index (χ0n) is 86.8. The van der Waals surface area contributed by atoms with Crippen LogP contribution in [-0.2, 0) is 79.6 Å². The van der Waals surface area contributed by atoms with Crippen molar-refractivity contribution < 1.29 is 18.3 Å². The molecule has 0 fully saturated rings. The summed E-state index contributed by atoms with van der Waals surface area (Å²) < 4.78 is 9.41. The van der Waals surface area contributed by atoms with Crippen LogP contribution in [0, 0.1) is 105 Å². The summed E-state index contributed by atoms with van der Waals surface area (Å²) in [6.45, 7) is 54.9. The van der Waals surface area contributed by atoms with Crippen LogP contribution in [0.25, 0.3) is 134 Å². The normalized spacial score (nSPS) is 12.6. The van der Waals surface area contributed by atoms with Crippen LogP contribution in [0.3, 0.4) is 0 Å². The van der Waals surface area contributed by atoms with E-state index in [1.54, 1.807) is 0 Å². The highest BCUT2D eigenvalue weighted by atomic mass is 14.9. The number of nitrogens with zero attached hydrogens (tertiary/aromatic N) is 4. The number of hydrogen-bond acceptors (Lipinski definition) is 0. The molecule has 0 atom stereocenters. The molecule has 0 N–H and O–H groups in total. The summed E-state index contributed by atoms with van der Waals surface area (Å²) in [5.74, 6) is 0. The summed E-state index contributed by atoms with van der Waals surface area (Å²) in [5.41, 5.74) is 67.3. The molecule has 0 aliphatic heterocycles. The molecule has 0 amide bonds. The van der Waals surface area contributed by atoms with E-state index in [9.17, 15) is 0 Å². The predicted molar refractivity (Wildman–Crippen MR) is 576 cm³/mol. The summed E-state index contributed by atoms with van der Waals surface area (Å²) in [7, 11) is 8.85. The van der Waals surface area contributed by atoms with Crippen molar-refractivity contribution in [3.8, 4) is 134 Å². The molecule has 4 nitrogen and oxygen atoms in total. The molecule has 0 bridgehead atoms. The number of hydrogen-bond donors (Lipinski definition) is 0. The number of aromatic nitrogens is 4. The Labute approximate surface area is 815 Å². The molecule has 16 aromatic rings. The van der Waals surface area contributed by atoms with Crippen molar-refractivity contribution in [2.75, 3.05) is 0 Å². The van der Waals surface area contributed by atoms with E-state index >= 15 is 0 Å². The standard InChI is InChI=1S/4C33H36N/c1-21-12-8-10-14-26(21)29-20-34(7)30(18-25(29)19-33(4,5)6)32-23(3)16-22(2)31-27-15-11-9-13-24(27)17-28(31)32;1-21-11-8-9-14-26(21)29-20-34(7)30(18-25(29)19-33(4,5)6)32-23(3)15-16-27-28(32)17-24-13-10-12-22(2)31(24)27;1-21-12-14-27-24(16-21)17-29-28(27)15-13-23(3)32(29)31-18-25(19-33(4,5)6)30(20-34(31)7)26-11-9-8-10-22(26)2;1-21-12-14-24-17-29-27(28(24)16-21)15-13-23(3)32(29)31-18-25(19-33(4,5)6)30(20-34(31)7)26-11-9-8-10-22(26)2/h4*8-16,18,20H,17,19H2,1-7H3/q4*+1. The van der Waals surface area contributed by atoms with Gasteiger partial charge in [0.25, 0.3) is 0 Å². The zero-order valence-corrected chi connectivity index (χ0v) is 86.8. The number of fused-ring (bicyclic) bond motifs is 12. The van der Waals surface area contributed by atoms with Gasteiger partial charge in [-0.05, 0) is 345 Å². The Balaban J connectivity index is 0.000000126. The van der Waals surface area contributed by atoms with Crippen LogP contribution < -0.4 is 18.3 Å². The third-order valence-corrected chi connectivity index (χ3v) is 29.0. The van der Waals surface area contributed by atoms with E-state index in [0.29, 0.717) is 0 Å². The van der Waals surface area contributed by atoms with E-state index in [2.05, 4.69) is 480 Å². The van der Waals surface area contributed by atoms with E-state index in [-0.39, 0.29) is 21.7 Å². The van der Waals surface area contributed by atoms with Gasteiger partial charge in [0.1, 0.15) is 28.2 Å². The minimum Gasteiger partial charge on any atom is -0.200 e. The van der Waals surface area contributed by atoms with E-state index in [4.69, 9.17) is 0 Å². The molecule has 4 aromatic heterocycles. The van der Waals surface area contributed by atoms with Crippen molar-refractivity contribution in [2.24, 2.45) is 49.9 Å². The van der Waals surface area contributed by atoms with Crippen LogP contribution in [0.5, 0.6) is 0 Å². The molecule has 0 radical (unpaired) electrons. The molecule has 136 heavy (non-hydrogen) atoms. The molecular weight excluding hydrogens is 1640 g/mol. The van der Waals surface area contributed by atoms with Gasteiger partial charge in [0.15, 0.2) is 24.8 Å². The third-order valence-electron chi connectivity index (χ3n) is 29.0. The quantitative estimate of drug-likeness (QED) is 0.108. The first kappa shape index (κ1) is 95.0. The summed E-state index contributed by atoms with van der Waals surface area (Å²) in [4.78, 5) is 0. The highest BCUT2D eigenvalue weighted by Gasteiger charge is 2.36. The monoisotopic (exact) mass is 1790 g/mol. The number of rotatable bonds is 12. The molecule has 4 aliphatic carbocycles. The first-order valence-electron chi connectivity index (χ1n) is 49.8. The van der Waals surface area contributed by atoms with Crippen LogP contribution >= 0.6 is 0 Å². The lowest BCUT2D eigenvalue weighted by Crippen LogP contribution is -2.32. The first-order chi connectivity index (χ1) is 64.5. The molecule has 0 saturated heterocycles. The lowest BCUT2D eigenvalue weighted by atomic mass is 9.83. The van der Waals surface area contributed by atoms with Gasteiger partial charge in [0.2, 0.25) is 22.8 Å². The lowest BCUT2D eigenvalue weighted by molar-refractivity contribution is -0.660. The Morgan fingerprint density at radius 3 is 0.882 bits per heavy atom. The molecule has 12 aromatic carbocycles. The average Bonchev–Trinajstić information content (AvgIpc) is 1.57. The van der Waals surface area contributed by atoms with Gasteiger partial charge in [-0.2, -0.15) is 0 Å². The molecule has 0 saturated carbocycles. The van der Waals surface area contributed by atoms with Gasteiger partial charge < -0.3 is 0 Å². The summed E-state index contributed by atoms with van der Waals surface area (Å²) in [6.07, 6.45) is 17.7. The van der Waals surface area contributed by atoms with Gasteiger partial charge in [-0.15, -0.1) is 0 Å². The molecule has 0 spiro atoms. The summed E-state index contributed by atoms with van der Waals surface area (Å²) in [5, 5.41) is 0. The molecule has 4 heteroatoms. The fourth-order valence-electron chi connectivity index (χ4n) is 22.9. The van der Waals surface area contributed by atoms with Crippen molar-refractivity contribution in [3.05, 3.63) is 401 Å². The van der Waals surface area contributed by atoms with Crippen LogP contribution in [0.1, 0.15) is 217 Å². The maximum atomic E-state index is 2.48. The highest BCUT2D eigenvalue weighted by molar-refractivity contribution is 5.92. The smallest absolute Gasteiger partial charge is 0.200 e. The Kier molecular flexibility index (Phi) is 26.1. The second kappa shape index (κ2) is 37.4. The lowest BCUT2D eigenvalue weighted by Gasteiger charge is -2.22. The van der Waals surface area contributed by atoms with E-state index < -0.39 is 0 Å². The predicted octanol–water partition coefficient (Wildman–Crippen LogP) is 31.7. The van der Waals surface area contributed by atoms with Crippen LogP contribution in [0.4, 0.5) is 0 Å². The molecule has 688 valence electrons. The molecule has 0 unspecified atom stereocenters.